The fraction of sp³-hybridized carbons (Fsp3) is 0.278. The Balaban J connectivity index is 1.96. The van der Waals surface area contributed by atoms with Crippen molar-refractivity contribution in [1.29, 1.82) is 0 Å². The van der Waals surface area contributed by atoms with Gasteiger partial charge in [0.2, 0.25) is 10.5 Å². The fourth-order valence-corrected chi connectivity index (χ4v) is 5.34. The average Bonchev–Trinajstić information content (AvgIpc) is 3.17. The van der Waals surface area contributed by atoms with Crippen molar-refractivity contribution in [3.8, 4) is 5.69 Å². The van der Waals surface area contributed by atoms with E-state index in [1.165, 1.54) is 10.4 Å². The molecule has 0 fully saturated rings. The van der Waals surface area contributed by atoms with Gasteiger partial charge in [0.05, 0.1) is 11.1 Å². The van der Waals surface area contributed by atoms with Crippen LogP contribution in [0, 0.1) is 11.7 Å². The molecule has 0 saturated heterocycles. The molecular weight excluding hydrogens is 366 g/mol. The lowest BCUT2D eigenvalue weighted by Gasteiger charge is -2.21. The van der Waals surface area contributed by atoms with Crippen LogP contribution < -0.4 is 5.56 Å². The molecule has 6 nitrogen and oxygen atoms in total. The lowest BCUT2D eigenvalue weighted by atomic mass is 10.1. The average molecular weight is 384 g/mol. The Morgan fingerprint density at radius 3 is 2.81 bits per heavy atom. The number of benzene rings is 1. The van der Waals surface area contributed by atoms with E-state index in [4.69, 9.17) is 12.2 Å². The molecule has 4 aromatic rings. The number of fused-ring (bicyclic) bond motifs is 5. The van der Waals surface area contributed by atoms with Crippen molar-refractivity contribution >= 4 is 39.5 Å². The van der Waals surface area contributed by atoms with Crippen molar-refractivity contribution in [3.63, 3.8) is 0 Å². The Labute approximate surface area is 158 Å². The van der Waals surface area contributed by atoms with Gasteiger partial charge in [-0.3, -0.25) is 4.79 Å². The van der Waals surface area contributed by atoms with Gasteiger partial charge in [0.25, 0.3) is 5.56 Å². The van der Waals surface area contributed by atoms with E-state index >= 15 is 0 Å². The maximum Gasteiger partial charge on any atom is 0.268 e. The van der Waals surface area contributed by atoms with Gasteiger partial charge in [-0.05, 0) is 50.3 Å². The third-order valence-corrected chi connectivity index (χ3v) is 6.47. The quantitative estimate of drug-likeness (QED) is 0.513. The Hall–Kier alpha value is -2.29. The van der Waals surface area contributed by atoms with Crippen LogP contribution in [0.3, 0.4) is 0 Å². The SMILES string of the molecule is Cc1ccc(-n2c(=O)c3c4c(sc3n3c(=S)[nH]nc23)CN(C)CC4)cc1. The summed E-state index contributed by atoms with van der Waals surface area (Å²) in [4.78, 5) is 17.9. The van der Waals surface area contributed by atoms with E-state index in [0.717, 1.165) is 41.0 Å². The van der Waals surface area contributed by atoms with Gasteiger partial charge in [-0.25, -0.2) is 14.1 Å². The maximum atomic E-state index is 13.5. The number of nitrogens with zero attached hydrogens (tertiary/aromatic N) is 4. The highest BCUT2D eigenvalue weighted by molar-refractivity contribution is 7.71. The van der Waals surface area contributed by atoms with Crippen LogP contribution in [0.25, 0.3) is 21.7 Å². The fourth-order valence-electron chi connectivity index (χ4n) is 3.65. The maximum absolute atomic E-state index is 13.5. The first kappa shape index (κ1) is 15.9. The first-order valence-corrected chi connectivity index (χ1v) is 9.69. The van der Waals surface area contributed by atoms with Crippen LogP contribution in [-0.4, -0.2) is 37.7 Å². The Morgan fingerprint density at radius 1 is 1.27 bits per heavy atom. The zero-order valence-electron chi connectivity index (χ0n) is 14.4. The van der Waals surface area contributed by atoms with Gasteiger partial charge in [0.15, 0.2) is 0 Å². The normalized spacial score (nSPS) is 15.0. The second-order valence-corrected chi connectivity index (χ2v) is 8.28. The number of aromatic amines is 1. The highest BCUT2D eigenvalue weighted by atomic mass is 32.1. The monoisotopic (exact) mass is 383 g/mol. The number of hydrogen-bond donors (Lipinski definition) is 1. The van der Waals surface area contributed by atoms with Crippen LogP contribution in [0.5, 0.6) is 0 Å². The van der Waals surface area contributed by atoms with Crippen molar-refractivity contribution < 1.29 is 0 Å². The molecule has 0 atom stereocenters. The minimum atomic E-state index is -0.0209. The molecule has 0 saturated carbocycles. The predicted molar refractivity (Wildman–Crippen MR) is 106 cm³/mol. The van der Waals surface area contributed by atoms with E-state index in [1.807, 2.05) is 35.6 Å². The summed E-state index contributed by atoms with van der Waals surface area (Å²) in [5.41, 5.74) is 3.09. The van der Waals surface area contributed by atoms with Gasteiger partial charge in [-0.15, -0.1) is 16.4 Å². The number of nitrogens with one attached hydrogen (secondary N) is 1. The smallest absolute Gasteiger partial charge is 0.268 e. The predicted octanol–water partition coefficient (Wildman–Crippen LogP) is 3.05. The molecule has 8 heteroatoms. The molecule has 1 aliphatic heterocycles. The number of H-pyrrole nitrogens is 1. The van der Waals surface area contributed by atoms with E-state index < -0.39 is 0 Å². The Bertz CT molecular complexity index is 1280. The van der Waals surface area contributed by atoms with Gasteiger partial charge < -0.3 is 4.90 Å². The molecule has 0 bridgehead atoms. The van der Waals surface area contributed by atoms with Gasteiger partial charge in [0.1, 0.15) is 4.83 Å². The number of likely N-dealkylation sites (N-methyl/N-ethyl adjacent to an activating group) is 1. The van der Waals surface area contributed by atoms with Crippen LogP contribution in [-0.2, 0) is 13.0 Å². The van der Waals surface area contributed by atoms with Gasteiger partial charge >= 0.3 is 0 Å². The molecule has 1 aliphatic rings. The summed E-state index contributed by atoms with van der Waals surface area (Å²) in [6.07, 6.45) is 0.881. The van der Waals surface area contributed by atoms with Gasteiger partial charge in [0, 0.05) is 18.0 Å². The van der Waals surface area contributed by atoms with Crippen molar-refractivity contribution in [1.82, 2.24) is 24.1 Å². The van der Waals surface area contributed by atoms with E-state index in [0.29, 0.717) is 10.5 Å². The summed E-state index contributed by atoms with van der Waals surface area (Å²) in [6, 6.07) is 7.91. The second kappa shape index (κ2) is 5.60. The lowest BCUT2D eigenvalue weighted by Crippen LogP contribution is -2.27. The second-order valence-electron chi connectivity index (χ2n) is 6.81. The molecule has 0 radical (unpaired) electrons. The Morgan fingerprint density at radius 2 is 2.04 bits per heavy atom. The Kier molecular flexibility index (Phi) is 3.43. The van der Waals surface area contributed by atoms with Gasteiger partial charge in [-0.1, -0.05) is 17.7 Å². The zero-order valence-corrected chi connectivity index (χ0v) is 16.1. The summed E-state index contributed by atoms with van der Waals surface area (Å²) in [7, 11) is 2.11. The molecule has 0 unspecified atom stereocenters. The number of hydrogen-bond acceptors (Lipinski definition) is 5. The van der Waals surface area contributed by atoms with Crippen LogP contribution in [0.2, 0.25) is 0 Å². The van der Waals surface area contributed by atoms with E-state index in [9.17, 15) is 4.79 Å². The number of aryl methyl sites for hydroxylation is 1. The number of rotatable bonds is 1. The van der Waals surface area contributed by atoms with E-state index in [-0.39, 0.29) is 5.56 Å². The molecule has 0 amide bonds. The minimum Gasteiger partial charge on any atom is -0.301 e. The number of thiophene rings is 1. The van der Waals surface area contributed by atoms with Crippen molar-refractivity contribution in [2.24, 2.45) is 0 Å². The lowest BCUT2D eigenvalue weighted by molar-refractivity contribution is 0.318. The van der Waals surface area contributed by atoms with Crippen LogP contribution >= 0.6 is 23.6 Å². The highest BCUT2D eigenvalue weighted by Crippen LogP contribution is 2.34. The standard InChI is InChI=1S/C18H17N5OS2/c1-10-3-5-11(6-4-10)22-15(24)14-12-7-8-21(2)9-13(12)26-16(14)23-17(22)19-20-18(23)25/h3-6H,7-9H2,1-2H3,(H,20,25). The highest BCUT2D eigenvalue weighted by Gasteiger charge is 2.25. The molecule has 26 heavy (non-hydrogen) atoms. The van der Waals surface area contributed by atoms with E-state index in [2.05, 4.69) is 22.1 Å². The topological polar surface area (TPSA) is 58.3 Å². The van der Waals surface area contributed by atoms with Crippen molar-refractivity contribution in [3.05, 3.63) is 55.4 Å². The molecular formula is C18H17N5OS2. The largest absolute Gasteiger partial charge is 0.301 e. The molecule has 0 aliphatic carbocycles. The summed E-state index contributed by atoms with van der Waals surface area (Å²) in [5, 5.41) is 7.99. The first-order chi connectivity index (χ1) is 12.5. The summed E-state index contributed by atoms with van der Waals surface area (Å²) < 4.78 is 4.08. The third kappa shape index (κ3) is 2.16. The number of aromatic nitrogens is 4. The molecule has 5 rings (SSSR count). The van der Waals surface area contributed by atoms with Crippen LogP contribution in [0.1, 0.15) is 16.0 Å². The summed E-state index contributed by atoms with van der Waals surface area (Å²) >= 11 is 7.13. The molecule has 1 aromatic carbocycles. The van der Waals surface area contributed by atoms with Crippen LogP contribution in [0.15, 0.2) is 29.1 Å². The zero-order chi connectivity index (χ0) is 18.0. The molecule has 132 valence electrons. The first-order valence-electron chi connectivity index (χ1n) is 8.46. The molecule has 4 heterocycles. The van der Waals surface area contributed by atoms with Crippen molar-refractivity contribution in [2.45, 2.75) is 19.9 Å². The summed E-state index contributed by atoms with van der Waals surface area (Å²) in [5.74, 6) is 0.531. The minimum absolute atomic E-state index is 0.0209. The third-order valence-electron chi connectivity index (χ3n) is 5.00. The molecule has 0 spiro atoms. The molecule has 3 aromatic heterocycles. The van der Waals surface area contributed by atoms with Crippen LogP contribution in [0.4, 0.5) is 0 Å². The van der Waals surface area contributed by atoms with Gasteiger partial charge in [-0.2, -0.15) is 0 Å². The van der Waals surface area contributed by atoms with Crippen molar-refractivity contribution in [2.75, 3.05) is 13.6 Å². The molecule has 1 N–H and O–H groups in total. The van der Waals surface area contributed by atoms with E-state index in [1.54, 1.807) is 15.9 Å². The summed E-state index contributed by atoms with van der Waals surface area (Å²) in [6.45, 7) is 3.85.